The molecule has 2 aromatic carbocycles. The van der Waals surface area contributed by atoms with Crippen LogP contribution in [0.15, 0.2) is 54.9 Å². The molecule has 0 saturated carbocycles. The van der Waals surface area contributed by atoms with E-state index in [2.05, 4.69) is 15.3 Å². The van der Waals surface area contributed by atoms with E-state index in [-0.39, 0.29) is 5.91 Å². The van der Waals surface area contributed by atoms with E-state index in [1.165, 1.54) is 6.33 Å². The highest BCUT2D eigenvalue weighted by Crippen LogP contribution is 2.25. The Bertz CT molecular complexity index is 886. The van der Waals surface area contributed by atoms with Crippen LogP contribution in [0.5, 0.6) is 17.2 Å². The number of rotatable bonds is 5. The second-order valence-corrected chi connectivity index (χ2v) is 5.68. The van der Waals surface area contributed by atoms with Gasteiger partial charge in [-0.05, 0) is 62.4 Å². The van der Waals surface area contributed by atoms with Gasteiger partial charge in [-0.1, -0.05) is 0 Å². The van der Waals surface area contributed by atoms with E-state index in [0.29, 0.717) is 34.1 Å². The smallest absolute Gasteiger partial charge is 0.259 e. The number of nitrogens with one attached hydrogen (secondary N) is 1. The summed E-state index contributed by atoms with van der Waals surface area (Å²) in [5.41, 5.74) is 2.45. The van der Waals surface area contributed by atoms with Crippen molar-refractivity contribution in [1.29, 1.82) is 0 Å². The number of hydrogen-bond donors (Lipinski definition) is 1. The van der Waals surface area contributed by atoms with Gasteiger partial charge in [0.25, 0.3) is 5.91 Å². The Morgan fingerprint density at radius 1 is 0.846 bits per heavy atom. The molecule has 1 aromatic heterocycles. The van der Waals surface area contributed by atoms with Crippen LogP contribution in [0.2, 0.25) is 0 Å². The lowest BCUT2D eigenvalue weighted by Crippen LogP contribution is -2.16. The van der Waals surface area contributed by atoms with Crippen molar-refractivity contribution in [3.8, 4) is 17.2 Å². The monoisotopic (exact) mass is 349 g/mol. The van der Waals surface area contributed by atoms with Gasteiger partial charge in [0.1, 0.15) is 23.6 Å². The lowest BCUT2D eigenvalue weighted by Gasteiger charge is -2.10. The Hall–Kier alpha value is -3.41. The summed E-state index contributed by atoms with van der Waals surface area (Å²) in [6, 6.07) is 14.5. The molecule has 1 heterocycles. The summed E-state index contributed by atoms with van der Waals surface area (Å²) in [5, 5.41) is 2.86. The first kappa shape index (κ1) is 17.4. The predicted octanol–water partition coefficient (Wildman–Crippen LogP) is 4.15. The van der Waals surface area contributed by atoms with Crippen LogP contribution in [-0.4, -0.2) is 23.0 Å². The third kappa shape index (κ3) is 3.97. The fourth-order valence-electron chi connectivity index (χ4n) is 2.50. The second kappa shape index (κ2) is 7.65. The molecule has 0 bridgehead atoms. The topological polar surface area (TPSA) is 73.3 Å². The summed E-state index contributed by atoms with van der Waals surface area (Å²) in [4.78, 5) is 20.6. The summed E-state index contributed by atoms with van der Waals surface area (Å²) in [6.07, 6.45) is 1.45. The molecule has 1 N–H and O–H groups in total. The van der Waals surface area contributed by atoms with Crippen molar-refractivity contribution in [3.05, 3.63) is 71.8 Å². The number of carbonyl (C=O) groups excluding carboxylic acids is 1. The van der Waals surface area contributed by atoms with Crippen LogP contribution in [0.3, 0.4) is 0 Å². The van der Waals surface area contributed by atoms with Crippen molar-refractivity contribution in [2.75, 3.05) is 12.4 Å². The molecule has 3 aromatic rings. The number of aryl methyl sites for hydroxylation is 2. The fourth-order valence-corrected chi connectivity index (χ4v) is 2.50. The first-order chi connectivity index (χ1) is 12.6. The van der Waals surface area contributed by atoms with E-state index in [9.17, 15) is 4.79 Å². The number of anilines is 1. The molecule has 3 rings (SSSR count). The van der Waals surface area contributed by atoms with Crippen molar-refractivity contribution < 1.29 is 14.3 Å². The van der Waals surface area contributed by atoms with Gasteiger partial charge in [-0.15, -0.1) is 0 Å². The molecule has 0 saturated heterocycles. The molecule has 132 valence electrons. The summed E-state index contributed by atoms with van der Waals surface area (Å²) >= 11 is 0. The minimum atomic E-state index is -0.232. The second-order valence-electron chi connectivity index (χ2n) is 5.68. The maximum Gasteiger partial charge on any atom is 0.259 e. The predicted molar refractivity (Wildman–Crippen MR) is 99.0 cm³/mol. The Morgan fingerprint density at radius 3 is 1.88 bits per heavy atom. The zero-order valence-electron chi connectivity index (χ0n) is 14.8. The molecule has 0 spiro atoms. The van der Waals surface area contributed by atoms with E-state index in [1.54, 1.807) is 45.2 Å². The minimum Gasteiger partial charge on any atom is -0.497 e. The number of aromatic nitrogens is 2. The molecule has 0 fully saturated rings. The van der Waals surface area contributed by atoms with Gasteiger partial charge in [0.05, 0.1) is 24.1 Å². The SMILES string of the molecule is COc1ccc(Oc2ccc(NC(=O)c3c(C)ncnc3C)cc2)cc1. The average Bonchev–Trinajstić information content (AvgIpc) is 2.64. The van der Waals surface area contributed by atoms with Gasteiger partial charge in [0.2, 0.25) is 0 Å². The van der Waals surface area contributed by atoms with Crippen molar-refractivity contribution >= 4 is 11.6 Å². The maximum atomic E-state index is 12.5. The molecule has 1 amide bonds. The third-order valence-electron chi connectivity index (χ3n) is 3.86. The lowest BCUT2D eigenvalue weighted by molar-refractivity contribution is 0.102. The van der Waals surface area contributed by atoms with E-state index < -0.39 is 0 Å². The number of ether oxygens (including phenoxy) is 2. The minimum absolute atomic E-state index is 0.232. The molecule has 0 atom stereocenters. The highest BCUT2D eigenvalue weighted by Gasteiger charge is 2.14. The van der Waals surface area contributed by atoms with Crippen LogP contribution >= 0.6 is 0 Å². The van der Waals surface area contributed by atoms with Gasteiger partial charge in [-0.3, -0.25) is 4.79 Å². The molecule has 0 aliphatic carbocycles. The summed E-state index contributed by atoms with van der Waals surface area (Å²) < 4.78 is 10.9. The third-order valence-corrected chi connectivity index (χ3v) is 3.86. The van der Waals surface area contributed by atoms with Crippen LogP contribution in [-0.2, 0) is 0 Å². The Labute approximate surface area is 151 Å². The number of benzene rings is 2. The van der Waals surface area contributed by atoms with Crippen LogP contribution in [0.1, 0.15) is 21.7 Å². The number of amides is 1. The highest BCUT2D eigenvalue weighted by atomic mass is 16.5. The molecule has 0 radical (unpaired) electrons. The molecule has 6 heteroatoms. The number of carbonyl (C=O) groups is 1. The molecule has 0 aliphatic heterocycles. The molecule has 26 heavy (non-hydrogen) atoms. The van der Waals surface area contributed by atoms with Gasteiger partial charge >= 0.3 is 0 Å². The summed E-state index contributed by atoms with van der Waals surface area (Å²) in [6.45, 7) is 3.57. The van der Waals surface area contributed by atoms with Crippen molar-refractivity contribution in [1.82, 2.24) is 9.97 Å². The average molecular weight is 349 g/mol. The van der Waals surface area contributed by atoms with Gasteiger partial charge in [0, 0.05) is 5.69 Å². The van der Waals surface area contributed by atoms with Crippen LogP contribution in [0.4, 0.5) is 5.69 Å². The van der Waals surface area contributed by atoms with Crippen LogP contribution < -0.4 is 14.8 Å². The molecular weight excluding hydrogens is 330 g/mol. The normalized spacial score (nSPS) is 10.3. The Balaban J connectivity index is 1.68. The van der Waals surface area contributed by atoms with E-state index in [0.717, 1.165) is 5.75 Å². The summed E-state index contributed by atoms with van der Waals surface area (Å²) in [5.74, 6) is 1.91. The van der Waals surface area contributed by atoms with Gasteiger partial charge in [-0.2, -0.15) is 0 Å². The zero-order valence-corrected chi connectivity index (χ0v) is 14.8. The largest absolute Gasteiger partial charge is 0.497 e. The molecule has 6 nitrogen and oxygen atoms in total. The van der Waals surface area contributed by atoms with Gasteiger partial charge < -0.3 is 14.8 Å². The Morgan fingerprint density at radius 2 is 1.35 bits per heavy atom. The lowest BCUT2D eigenvalue weighted by atomic mass is 10.1. The van der Waals surface area contributed by atoms with E-state index >= 15 is 0 Å². The van der Waals surface area contributed by atoms with Crippen molar-refractivity contribution in [2.45, 2.75) is 13.8 Å². The van der Waals surface area contributed by atoms with E-state index in [1.807, 2.05) is 24.3 Å². The maximum absolute atomic E-state index is 12.5. The quantitative estimate of drug-likeness (QED) is 0.749. The van der Waals surface area contributed by atoms with Crippen LogP contribution in [0.25, 0.3) is 0 Å². The number of nitrogens with zero attached hydrogens (tertiary/aromatic N) is 2. The molecule has 0 aliphatic rings. The van der Waals surface area contributed by atoms with Gasteiger partial charge in [0.15, 0.2) is 0 Å². The summed E-state index contributed by atoms with van der Waals surface area (Å²) in [7, 11) is 1.62. The standard InChI is InChI=1S/C20H19N3O3/c1-13-19(14(2)22-12-21-13)20(24)23-15-4-6-17(7-5-15)26-18-10-8-16(25-3)9-11-18/h4-12H,1-3H3,(H,23,24). The zero-order chi connectivity index (χ0) is 18.5. The fraction of sp³-hybridized carbons (Fsp3) is 0.150. The Kier molecular flexibility index (Phi) is 5.12. The number of hydrogen-bond acceptors (Lipinski definition) is 5. The number of methoxy groups -OCH3 is 1. The first-order valence-corrected chi connectivity index (χ1v) is 8.08. The highest BCUT2D eigenvalue weighted by molar-refractivity contribution is 6.05. The van der Waals surface area contributed by atoms with Crippen molar-refractivity contribution in [3.63, 3.8) is 0 Å². The van der Waals surface area contributed by atoms with Crippen molar-refractivity contribution in [2.24, 2.45) is 0 Å². The first-order valence-electron chi connectivity index (χ1n) is 8.08. The van der Waals surface area contributed by atoms with Gasteiger partial charge in [-0.25, -0.2) is 9.97 Å². The van der Waals surface area contributed by atoms with Crippen LogP contribution in [0, 0.1) is 13.8 Å². The van der Waals surface area contributed by atoms with E-state index in [4.69, 9.17) is 9.47 Å². The molecular formula is C20H19N3O3. The molecule has 0 unspecified atom stereocenters.